The van der Waals surface area contributed by atoms with Gasteiger partial charge in [-0.25, -0.2) is 4.79 Å². The van der Waals surface area contributed by atoms with Crippen LogP contribution < -0.4 is 5.32 Å². The van der Waals surface area contributed by atoms with E-state index < -0.39 is 18.2 Å². The predicted molar refractivity (Wildman–Crippen MR) is 133 cm³/mol. The number of piperidine rings is 1. The third-order valence-corrected chi connectivity index (χ3v) is 6.72. The Kier molecular flexibility index (Phi) is 6.75. The fourth-order valence-electron chi connectivity index (χ4n) is 4.74. The SMILES string of the molecule is Cc1ccc(CN2C(=O)OC(c3ccc(NC(=O)c4ccco4)cc3)C2C(=O)N2CCCCC2)cc1. The van der Waals surface area contributed by atoms with Crippen LogP contribution in [0.5, 0.6) is 0 Å². The Morgan fingerprint density at radius 3 is 2.36 bits per heavy atom. The minimum absolute atomic E-state index is 0.0899. The van der Waals surface area contributed by atoms with Crippen LogP contribution in [-0.4, -0.2) is 46.8 Å². The summed E-state index contributed by atoms with van der Waals surface area (Å²) in [5, 5.41) is 2.78. The average Bonchev–Trinajstić information content (AvgIpc) is 3.55. The van der Waals surface area contributed by atoms with E-state index in [1.54, 1.807) is 41.3 Å². The van der Waals surface area contributed by atoms with Crippen molar-refractivity contribution in [3.05, 3.63) is 89.4 Å². The van der Waals surface area contributed by atoms with Crippen LogP contribution in [0.25, 0.3) is 0 Å². The van der Waals surface area contributed by atoms with Crippen molar-refractivity contribution in [1.82, 2.24) is 9.80 Å². The highest BCUT2D eigenvalue weighted by Crippen LogP contribution is 2.36. The maximum Gasteiger partial charge on any atom is 0.411 e. The average molecular weight is 488 g/mol. The van der Waals surface area contributed by atoms with Gasteiger partial charge in [0.25, 0.3) is 5.91 Å². The van der Waals surface area contributed by atoms with Crippen LogP contribution in [0.3, 0.4) is 0 Å². The molecule has 8 heteroatoms. The standard InChI is InChI=1S/C28H29N3O5/c1-19-7-9-20(10-8-19)18-31-24(27(33)30-15-3-2-4-16-30)25(36-28(31)34)21-11-13-22(14-12-21)29-26(32)23-6-5-17-35-23/h5-14,17,24-25H,2-4,15-16,18H2,1H3,(H,29,32). The Labute approximate surface area is 209 Å². The summed E-state index contributed by atoms with van der Waals surface area (Å²) < 4.78 is 10.9. The molecule has 0 saturated carbocycles. The van der Waals surface area contributed by atoms with Crippen LogP contribution in [0.4, 0.5) is 10.5 Å². The smallest absolute Gasteiger partial charge is 0.411 e. The summed E-state index contributed by atoms with van der Waals surface area (Å²) in [6, 6.07) is 17.4. The van der Waals surface area contributed by atoms with Crippen LogP contribution in [0.15, 0.2) is 71.3 Å². The number of anilines is 1. The second kappa shape index (κ2) is 10.3. The topological polar surface area (TPSA) is 92.1 Å². The molecule has 8 nitrogen and oxygen atoms in total. The molecule has 3 heterocycles. The van der Waals surface area contributed by atoms with Gasteiger partial charge >= 0.3 is 6.09 Å². The number of furan rings is 1. The molecular formula is C28H29N3O5. The number of carbonyl (C=O) groups is 3. The number of hydrogen-bond acceptors (Lipinski definition) is 5. The molecule has 1 N–H and O–H groups in total. The summed E-state index contributed by atoms with van der Waals surface area (Å²) in [6.07, 6.45) is 3.21. The van der Waals surface area contributed by atoms with Gasteiger partial charge in [-0.3, -0.25) is 14.5 Å². The first-order chi connectivity index (χ1) is 17.5. The molecule has 186 valence electrons. The number of carbonyl (C=O) groups excluding carboxylic acids is 3. The number of hydrogen-bond donors (Lipinski definition) is 1. The number of rotatable bonds is 6. The molecule has 2 atom stereocenters. The molecule has 2 aromatic carbocycles. The molecule has 2 unspecified atom stereocenters. The fraction of sp³-hybridized carbons (Fsp3) is 0.321. The lowest BCUT2D eigenvalue weighted by molar-refractivity contribution is -0.137. The van der Waals surface area contributed by atoms with Gasteiger partial charge in [-0.2, -0.15) is 0 Å². The lowest BCUT2D eigenvalue weighted by Crippen LogP contribution is -2.49. The van der Waals surface area contributed by atoms with Crippen molar-refractivity contribution >= 4 is 23.6 Å². The normalized spacial score (nSPS) is 19.8. The monoisotopic (exact) mass is 487 g/mol. The quantitative estimate of drug-likeness (QED) is 0.533. The van der Waals surface area contributed by atoms with Crippen LogP contribution in [0.1, 0.15) is 52.6 Å². The molecule has 2 aliphatic rings. The minimum Gasteiger partial charge on any atom is -0.459 e. The molecule has 3 aromatic rings. The van der Waals surface area contributed by atoms with E-state index in [2.05, 4.69) is 5.32 Å². The van der Waals surface area contributed by atoms with Crippen LogP contribution >= 0.6 is 0 Å². The van der Waals surface area contributed by atoms with E-state index in [1.165, 1.54) is 6.26 Å². The first-order valence-electron chi connectivity index (χ1n) is 12.3. The molecular weight excluding hydrogens is 458 g/mol. The Balaban J connectivity index is 1.39. The summed E-state index contributed by atoms with van der Waals surface area (Å²) in [4.78, 5) is 42.4. The number of cyclic esters (lactones) is 1. The molecule has 0 aliphatic carbocycles. The Morgan fingerprint density at radius 2 is 1.69 bits per heavy atom. The lowest BCUT2D eigenvalue weighted by Gasteiger charge is -2.33. The van der Waals surface area contributed by atoms with Crippen molar-refractivity contribution in [2.45, 2.75) is 44.9 Å². The molecule has 3 amide bonds. The molecule has 1 aromatic heterocycles. The third-order valence-electron chi connectivity index (χ3n) is 6.72. The Hall–Kier alpha value is -4.07. The van der Waals surface area contributed by atoms with Gasteiger partial charge in [0.2, 0.25) is 5.91 Å². The number of likely N-dealkylation sites (tertiary alicyclic amines) is 1. The lowest BCUT2D eigenvalue weighted by atomic mass is 9.98. The van der Waals surface area contributed by atoms with Gasteiger partial charge in [0.05, 0.1) is 12.8 Å². The van der Waals surface area contributed by atoms with Crippen molar-refractivity contribution in [3.8, 4) is 0 Å². The fourth-order valence-corrected chi connectivity index (χ4v) is 4.74. The maximum atomic E-state index is 13.7. The van der Waals surface area contributed by atoms with Crippen LogP contribution in [-0.2, 0) is 16.1 Å². The number of ether oxygens (including phenoxy) is 1. The van der Waals surface area contributed by atoms with Gasteiger partial charge in [-0.05, 0) is 61.6 Å². The van der Waals surface area contributed by atoms with Crippen molar-refractivity contribution < 1.29 is 23.5 Å². The Bertz CT molecular complexity index is 1220. The predicted octanol–water partition coefficient (Wildman–Crippen LogP) is 4.91. The summed E-state index contributed by atoms with van der Waals surface area (Å²) in [5.74, 6) is -0.238. The molecule has 2 fully saturated rings. The third kappa shape index (κ3) is 4.98. The van der Waals surface area contributed by atoms with Crippen LogP contribution in [0.2, 0.25) is 0 Å². The Morgan fingerprint density at radius 1 is 0.972 bits per heavy atom. The van der Waals surface area contributed by atoms with E-state index in [-0.39, 0.29) is 24.1 Å². The van der Waals surface area contributed by atoms with E-state index in [9.17, 15) is 14.4 Å². The minimum atomic E-state index is -0.763. The van der Waals surface area contributed by atoms with Crippen molar-refractivity contribution in [2.75, 3.05) is 18.4 Å². The van der Waals surface area contributed by atoms with E-state index in [1.807, 2.05) is 36.1 Å². The van der Waals surface area contributed by atoms with Gasteiger partial charge in [0.15, 0.2) is 17.9 Å². The molecule has 36 heavy (non-hydrogen) atoms. The van der Waals surface area contributed by atoms with Gasteiger partial charge in [0, 0.05) is 18.8 Å². The first kappa shape index (κ1) is 23.7. The number of amides is 3. The zero-order valence-electron chi connectivity index (χ0n) is 20.2. The van der Waals surface area contributed by atoms with E-state index in [4.69, 9.17) is 9.15 Å². The number of nitrogens with one attached hydrogen (secondary N) is 1. The number of nitrogens with zero attached hydrogens (tertiary/aromatic N) is 2. The summed E-state index contributed by atoms with van der Waals surface area (Å²) in [5.41, 5.74) is 3.33. The second-order valence-corrected chi connectivity index (χ2v) is 9.30. The van der Waals surface area contributed by atoms with Gasteiger partial charge in [0.1, 0.15) is 0 Å². The molecule has 0 spiro atoms. The second-order valence-electron chi connectivity index (χ2n) is 9.30. The zero-order valence-corrected chi connectivity index (χ0v) is 20.2. The van der Waals surface area contributed by atoms with Gasteiger partial charge < -0.3 is 19.4 Å². The summed E-state index contributed by atoms with van der Waals surface area (Å²) in [7, 11) is 0. The van der Waals surface area contributed by atoms with Gasteiger partial charge in [-0.15, -0.1) is 0 Å². The van der Waals surface area contributed by atoms with Crippen molar-refractivity contribution in [3.63, 3.8) is 0 Å². The highest BCUT2D eigenvalue weighted by Gasteiger charge is 2.48. The summed E-state index contributed by atoms with van der Waals surface area (Å²) >= 11 is 0. The number of aryl methyl sites for hydroxylation is 1. The molecule has 5 rings (SSSR count). The number of benzene rings is 2. The molecule has 2 saturated heterocycles. The van der Waals surface area contributed by atoms with E-state index in [0.717, 1.165) is 30.4 Å². The largest absolute Gasteiger partial charge is 0.459 e. The van der Waals surface area contributed by atoms with E-state index in [0.29, 0.717) is 24.3 Å². The van der Waals surface area contributed by atoms with Crippen molar-refractivity contribution in [2.24, 2.45) is 0 Å². The molecule has 0 bridgehead atoms. The summed E-state index contributed by atoms with van der Waals surface area (Å²) in [6.45, 7) is 3.67. The highest BCUT2D eigenvalue weighted by atomic mass is 16.6. The first-order valence-corrected chi connectivity index (χ1v) is 12.3. The van der Waals surface area contributed by atoms with Gasteiger partial charge in [-0.1, -0.05) is 42.0 Å². The molecule has 2 aliphatic heterocycles. The van der Waals surface area contributed by atoms with E-state index >= 15 is 0 Å². The zero-order chi connectivity index (χ0) is 25.1. The molecule has 0 radical (unpaired) electrons. The van der Waals surface area contributed by atoms with Crippen LogP contribution in [0, 0.1) is 6.92 Å². The highest BCUT2D eigenvalue weighted by molar-refractivity contribution is 6.02. The maximum absolute atomic E-state index is 13.7. The van der Waals surface area contributed by atoms with Crippen molar-refractivity contribution in [1.29, 1.82) is 0 Å².